The fourth-order valence-electron chi connectivity index (χ4n) is 2.70. The number of amides is 3. The summed E-state index contributed by atoms with van der Waals surface area (Å²) < 4.78 is 0. The second kappa shape index (κ2) is 7.35. The molecule has 0 unspecified atom stereocenters. The fraction of sp³-hybridized carbons (Fsp3) is 0. The van der Waals surface area contributed by atoms with Gasteiger partial charge in [-0.2, -0.15) is 0 Å². The number of thiophene rings is 1. The lowest BCUT2D eigenvalue weighted by Crippen LogP contribution is -2.33. The zero-order valence-corrected chi connectivity index (χ0v) is 14.9. The Hall–Kier alpha value is -3.58. The Bertz CT molecular complexity index is 1110. The Morgan fingerprint density at radius 2 is 1.85 bits per heavy atom. The average molecular weight is 374 g/mol. The Morgan fingerprint density at radius 1 is 1.00 bits per heavy atom. The summed E-state index contributed by atoms with van der Waals surface area (Å²) >= 11 is 1.62. The van der Waals surface area contributed by atoms with Crippen LogP contribution in [-0.4, -0.2) is 22.4 Å². The molecule has 0 saturated carbocycles. The lowest BCUT2D eigenvalue weighted by Gasteiger charge is -2.17. The monoisotopic (exact) mass is 374 g/mol. The van der Waals surface area contributed by atoms with Crippen LogP contribution in [0.15, 0.2) is 72.4 Å². The van der Waals surface area contributed by atoms with E-state index in [-0.39, 0.29) is 0 Å². The molecule has 2 aromatic heterocycles. The second-order valence-corrected chi connectivity index (χ2v) is 6.64. The van der Waals surface area contributed by atoms with E-state index in [1.54, 1.807) is 48.0 Å². The smallest absolute Gasteiger partial charge is 0.307 e. The molecule has 0 bridgehead atoms. The minimum Gasteiger partial charge on any atom is -0.307 e. The summed E-state index contributed by atoms with van der Waals surface area (Å²) in [4.78, 5) is 34.7. The number of rotatable bonds is 4. The summed E-state index contributed by atoms with van der Waals surface area (Å²) in [5.74, 6) is 0. The van der Waals surface area contributed by atoms with E-state index in [9.17, 15) is 9.59 Å². The quantitative estimate of drug-likeness (QED) is 0.532. The highest BCUT2D eigenvalue weighted by Crippen LogP contribution is 2.27. The molecule has 0 aliphatic carbocycles. The van der Waals surface area contributed by atoms with Gasteiger partial charge in [0.1, 0.15) is 0 Å². The lowest BCUT2D eigenvalue weighted by molar-refractivity contribution is -0.106. The van der Waals surface area contributed by atoms with Crippen molar-refractivity contribution < 1.29 is 9.59 Å². The number of aromatic nitrogens is 2. The number of nitrogens with zero attached hydrogens (tertiary/aromatic N) is 3. The number of hydrogen-bond acceptors (Lipinski definition) is 5. The summed E-state index contributed by atoms with van der Waals surface area (Å²) in [6.07, 6.45) is 3.64. The van der Waals surface area contributed by atoms with Crippen LogP contribution in [0.4, 0.5) is 16.2 Å². The Kier molecular flexibility index (Phi) is 4.59. The van der Waals surface area contributed by atoms with Crippen molar-refractivity contribution in [3.8, 4) is 10.4 Å². The van der Waals surface area contributed by atoms with E-state index in [2.05, 4.69) is 15.3 Å². The number of carbonyl (C=O) groups excluding carboxylic acids is 2. The summed E-state index contributed by atoms with van der Waals surface area (Å²) in [5, 5.41) is 4.76. The molecule has 0 radical (unpaired) electrons. The predicted octanol–water partition coefficient (Wildman–Crippen LogP) is 4.55. The molecule has 27 heavy (non-hydrogen) atoms. The summed E-state index contributed by atoms with van der Waals surface area (Å²) in [5.41, 5.74) is 3.33. The van der Waals surface area contributed by atoms with Gasteiger partial charge in [0.15, 0.2) is 0 Å². The molecular formula is C20H14N4O2S. The van der Waals surface area contributed by atoms with Gasteiger partial charge in [-0.25, -0.2) is 9.69 Å². The van der Waals surface area contributed by atoms with Gasteiger partial charge in [0.2, 0.25) is 6.41 Å². The number of fused-ring (bicyclic) bond motifs is 1. The van der Waals surface area contributed by atoms with Gasteiger partial charge >= 0.3 is 6.03 Å². The first-order valence-corrected chi connectivity index (χ1v) is 9.03. The van der Waals surface area contributed by atoms with E-state index < -0.39 is 6.03 Å². The highest BCUT2D eigenvalue weighted by molar-refractivity contribution is 7.13. The zero-order chi connectivity index (χ0) is 18.6. The zero-order valence-electron chi connectivity index (χ0n) is 14.1. The third-order valence-electron chi connectivity index (χ3n) is 3.97. The molecule has 2 aromatic carbocycles. The molecule has 0 atom stereocenters. The Morgan fingerprint density at radius 3 is 2.63 bits per heavy atom. The number of hydrogen-bond donors (Lipinski definition) is 1. The van der Waals surface area contributed by atoms with E-state index in [4.69, 9.17) is 0 Å². The van der Waals surface area contributed by atoms with Crippen LogP contribution in [0.5, 0.6) is 0 Å². The maximum absolute atomic E-state index is 12.6. The first-order chi connectivity index (χ1) is 13.2. The van der Waals surface area contributed by atoms with Crippen LogP contribution in [0.3, 0.4) is 0 Å². The molecule has 2 heterocycles. The molecule has 6 nitrogen and oxygen atoms in total. The average Bonchev–Trinajstić information content (AvgIpc) is 3.23. The van der Waals surface area contributed by atoms with Crippen molar-refractivity contribution in [1.29, 1.82) is 0 Å². The van der Waals surface area contributed by atoms with Crippen LogP contribution in [0.25, 0.3) is 21.5 Å². The molecule has 0 aliphatic rings. The van der Waals surface area contributed by atoms with Gasteiger partial charge in [-0.05, 0) is 47.3 Å². The van der Waals surface area contributed by atoms with Gasteiger partial charge in [-0.3, -0.25) is 14.8 Å². The van der Waals surface area contributed by atoms with Crippen LogP contribution >= 0.6 is 11.3 Å². The summed E-state index contributed by atoms with van der Waals surface area (Å²) in [6.45, 7) is 0. The minimum absolute atomic E-state index is 0.421. The van der Waals surface area contributed by atoms with Gasteiger partial charge in [0, 0.05) is 23.0 Å². The predicted molar refractivity (Wildman–Crippen MR) is 107 cm³/mol. The van der Waals surface area contributed by atoms with Crippen molar-refractivity contribution in [3.63, 3.8) is 0 Å². The first-order valence-electron chi connectivity index (χ1n) is 8.15. The third-order valence-corrected chi connectivity index (χ3v) is 4.89. The molecule has 4 aromatic rings. The lowest BCUT2D eigenvalue weighted by atomic mass is 10.1. The largest absolute Gasteiger partial charge is 0.332 e. The highest BCUT2D eigenvalue weighted by Gasteiger charge is 2.16. The molecule has 7 heteroatoms. The molecular weight excluding hydrogens is 360 g/mol. The maximum Gasteiger partial charge on any atom is 0.332 e. The van der Waals surface area contributed by atoms with Gasteiger partial charge < -0.3 is 5.32 Å². The van der Waals surface area contributed by atoms with Crippen molar-refractivity contribution in [2.24, 2.45) is 0 Å². The van der Waals surface area contributed by atoms with Crippen LogP contribution in [0.1, 0.15) is 0 Å². The molecule has 0 saturated heterocycles. The Labute approximate surface area is 159 Å². The van der Waals surface area contributed by atoms with Crippen LogP contribution in [-0.2, 0) is 4.79 Å². The molecule has 1 N–H and O–H groups in total. The fourth-order valence-corrected chi connectivity index (χ4v) is 3.43. The topological polar surface area (TPSA) is 75.2 Å². The van der Waals surface area contributed by atoms with Crippen LogP contribution < -0.4 is 10.2 Å². The summed E-state index contributed by atoms with van der Waals surface area (Å²) in [6, 6.07) is 16.0. The second-order valence-electron chi connectivity index (χ2n) is 5.69. The number of imide groups is 1. The number of anilines is 2. The van der Waals surface area contributed by atoms with Gasteiger partial charge in [-0.15, -0.1) is 11.3 Å². The van der Waals surface area contributed by atoms with Crippen molar-refractivity contribution in [2.45, 2.75) is 0 Å². The Balaban J connectivity index is 1.58. The number of benzene rings is 2. The number of carbonyl (C=O) groups is 2. The van der Waals surface area contributed by atoms with E-state index in [1.165, 1.54) is 0 Å². The number of nitrogens with one attached hydrogen (secondary N) is 1. The molecule has 0 spiro atoms. The normalized spacial score (nSPS) is 10.5. The maximum atomic E-state index is 12.6. The van der Waals surface area contributed by atoms with Gasteiger partial charge in [0.25, 0.3) is 0 Å². The summed E-state index contributed by atoms with van der Waals surface area (Å²) in [7, 11) is 0. The van der Waals surface area contributed by atoms with Crippen molar-refractivity contribution >= 4 is 46.2 Å². The van der Waals surface area contributed by atoms with Crippen LogP contribution in [0, 0.1) is 0 Å². The molecule has 3 amide bonds. The number of urea groups is 1. The molecule has 0 aliphatic heterocycles. The van der Waals surface area contributed by atoms with Gasteiger partial charge in [0.05, 0.1) is 16.7 Å². The standard InChI is InChI=1S/C20H14N4O2S/c25-13-24(16-6-7-17-18(12-16)22-9-8-21-17)20(26)23-15-4-1-3-14(11-15)19-5-2-10-27-19/h1-13H,(H,23,26). The molecule has 0 fully saturated rings. The van der Waals surface area contributed by atoms with Crippen molar-refractivity contribution in [1.82, 2.24) is 9.97 Å². The van der Waals surface area contributed by atoms with Crippen molar-refractivity contribution in [3.05, 3.63) is 72.4 Å². The first kappa shape index (κ1) is 16.9. The minimum atomic E-state index is -0.545. The SMILES string of the molecule is O=CN(C(=O)Nc1cccc(-c2cccs2)c1)c1ccc2nccnc2c1. The molecule has 4 rings (SSSR count). The third kappa shape index (κ3) is 3.54. The van der Waals surface area contributed by atoms with E-state index in [0.29, 0.717) is 28.8 Å². The molecule has 132 valence electrons. The van der Waals surface area contributed by atoms with Crippen molar-refractivity contribution in [2.75, 3.05) is 10.2 Å². The highest BCUT2D eigenvalue weighted by atomic mass is 32.1. The van der Waals surface area contributed by atoms with Gasteiger partial charge in [-0.1, -0.05) is 18.2 Å². The van der Waals surface area contributed by atoms with E-state index >= 15 is 0 Å². The van der Waals surface area contributed by atoms with E-state index in [1.807, 2.05) is 35.7 Å². The van der Waals surface area contributed by atoms with E-state index in [0.717, 1.165) is 15.3 Å². The van der Waals surface area contributed by atoms with Crippen LogP contribution in [0.2, 0.25) is 0 Å².